The molecule has 3 heteroatoms. The Morgan fingerprint density at radius 3 is 2.55 bits per heavy atom. The second kappa shape index (κ2) is 4.04. The van der Waals surface area contributed by atoms with Crippen LogP contribution in [0.15, 0.2) is 0 Å². The summed E-state index contributed by atoms with van der Waals surface area (Å²) in [6, 6.07) is 0.682. The lowest BCUT2D eigenvalue weighted by Gasteiger charge is -2.21. The molecule has 1 atom stereocenters. The monoisotopic (exact) mass is 159 g/mol. The zero-order chi connectivity index (χ0) is 8.27. The van der Waals surface area contributed by atoms with Crippen LogP contribution in [0, 0.1) is 0 Å². The molecule has 1 aliphatic rings. The first-order valence-corrected chi connectivity index (χ1v) is 4.31. The van der Waals surface area contributed by atoms with Gasteiger partial charge in [0, 0.05) is 12.6 Å². The molecule has 1 unspecified atom stereocenters. The maximum atomic E-state index is 9.14. The highest BCUT2D eigenvalue weighted by Crippen LogP contribution is 2.26. The van der Waals surface area contributed by atoms with E-state index in [-0.39, 0.29) is 6.61 Å². The number of aliphatic hydroxyl groups excluding tert-OH is 2. The van der Waals surface area contributed by atoms with Crippen molar-refractivity contribution >= 4 is 0 Å². The van der Waals surface area contributed by atoms with Crippen molar-refractivity contribution in [1.82, 2.24) is 4.90 Å². The molecule has 1 fully saturated rings. The Balaban J connectivity index is 2.19. The molecule has 1 aliphatic carbocycles. The van der Waals surface area contributed by atoms with E-state index in [0.717, 1.165) is 6.54 Å². The Morgan fingerprint density at radius 1 is 1.55 bits per heavy atom. The van der Waals surface area contributed by atoms with Crippen molar-refractivity contribution in [2.45, 2.75) is 31.9 Å². The highest BCUT2D eigenvalue weighted by Gasteiger charge is 2.28. The van der Waals surface area contributed by atoms with Crippen LogP contribution < -0.4 is 0 Å². The third-order valence-electron chi connectivity index (χ3n) is 2.13. The van der Waals surface area contributed by atoms with Crippen LogP contribution in [0.25, 0.3) is 0 Å². The molecule has 0 aromatic carbocycles. The lowest BCUT2D eigenvalue weighted by molar-refractivity contribution is 0.0583. The zero-order valence-electron chi connectivity index (χ0n) is 7.03. The standard InChI is InChI=1S/C8H17NO2/c1-2-9(7-3-4-7)5-8(11)6-10/h7-8,10-11H,2-6H2,1H3. The predicted molar refractivity (Wildman–Crippen MR) is 43.4 cm³/mol. The summed E-state index contributed by atoms with van der Waals surface area (Å²) in [4.78, 5) is 2.22. The summed E-state index contributed by atoms with van der Waals surface area (Å²) in [7, 11) is 0. The van der Waals surface area contributed by atoms with Crippen molar-refractivity contribution in [3.05, 3.63) is 0 Å². The van der Waals surface area contributed by atoms with Gasteiger partial charge in [0.1, 0.15) is 0 Å². The molecule has 0 spiro atoms. The summed E-state index contributed by atoms with van der Waals surface area (Å²) in [5, 5.41) is 17.7. The number of likely N-dealkylation sites (N-methyl/N-ethyl adjacent to an activating group) is 1. The van der Waals surface area contributed by atoms with Crippen molar-refractivity contribution in [1.29, 1.82) is 0 Å². The van der Waals surface area contributed by atoms with Crippen LogP contribution in [0.3, 0.4) is 0 Å². The Morgan fingerprint density at radius 2 is 2.18 bits per heavy atom. The smallest absolute Gasteiger partial charge is 0.0897 e. The quantitative estimate of drug-likeness (QED) is 0.585. The molecule has 0 saturated heterocycles. The molecule has 0 radical (unpaired) electrons. The highest BCUT2D eigenvalue weighted by molar-refractivity contribution is 4.84. The van der Waals surface area contributed by atoms with Crippen LogP contribution in [0.4, 0.5) is 0 Å². The van der Waals surface area contributed by atoms with Crippen molar-refractivity contribution in [3.8, 4) is 0 Å². The molecule has 3 nitrogen and oxygen atoms in total. The van der Waals surface area contributed by atoms with E-state index in [2.05, 4.69) is 11.8 Å². The van der Waals surface area contributed by atoms with Gasteiger partial charge in [-0.15, -0.1) is 0 Å². The summed E-state index contributed by atoms with van der Waals surface area (Å²) >= 11 is 0. The number of hydrogen-bond acceptors (Lipinski definition) is 3. The van der Waals surface area contributed by atoms with E-state index in [0.29, 0.717) is 12.6 Å². The van der Waals surface area contributed by atoms with Gasteiger partial charge >= 0.3 is 0 Å². The highest BCUT2D eigenvalue weighted by atomic mass is 16.3. The van der Waals surface area contributed by atoms with E-state index in [1.54, 1.807) is 0 Å². The molecule has 66 valence electrons. The number of aliphatic hydroxyl groups is 2. The van der Waals surface area contributed by atoms with Gasteiger partial charge in [-0.25, -0.2) is 0 Å². The van der Waals surface area contributed by atoms with Crippen molar-refractivity contribution in [2.75, 3.05) is 19.7 Å². The summed E-state index contributed by atoms with van der Waals surface area (Å²) in [5.74, 6) is 0. The van der Waals surface area contributed by atoms with E-state index < -0.39 is 6.10 Å². The topological polar surface area (TPSA) is 43.7 Å². The van der Waals surface area contributed by atoms with E-state index >= 15 is 0 Å². The summed E-state index contributed by atoms with van der Waals surface area (Å²) in [6.07, 6.45) is 1.95. The molecule has 2 N–H and O–H groups in total. The maximum Gasteiger partial charge on any atom is 0.0897 e. The zero-order valence-corrected chi connectivity index (χ0v) is 7.03. The fourth-order valence-electron chi connectivity index (χ4n) is 1.30. The van der Waals surface area contributed by atoms with E-state index in [1.807, 2.05) is 0 Å². The van der Waals surface area contributed by atoms with Gasteiger partial charge in [0.05, 0.1) is 12.7 Å². The largest absolute Gasteiger partial charge is 0.394 e. The molecule has 0 bridgehead atoms. The summed E-state index contributed by atoms with van der Waals surface area (Å²) < 4.78 is 0. The first-order chi connectivity index (χ1) is 5.27. The van der Waals surface area contributed by atoms with Crippen molar-refractivity contribution < 1.29 is 10.2 Å². The fraction of sp³-hybridized carbons (Fsp3) is 1.00. The van der Waals surface area contributed by atoms with Gasteiger partial charge in [-0.05, 0) is 19.4 Å². The molecule has 1 rings (SSSR count). The summed E-state index contributed by atoms with van der Waals surface area (Å²) in [6.45, 7) is 3.56. The minimum atomic E-state index is -0.560. The second-order valence-electron chi connectivity index (χ2n) is 3.16. The van der Waals surface area contributed by atoms with Gasteiger partial charge in [0.2, 0.25) is 0 Å². The Labute approximate surface area is 67.6 Å². The molecule has 1 saturated carbocycles. The first-order valence-electron chi connectivity index (χ1n) is 4.31. The normalized spacial score (nSPS) is 20.7. The van der Waals surface area contributed by atoms with Crippen LogP contribution in [0.1, 0.15) is 19.8 Å². The minimum Gasteiger partial charge on any atom is -0.394 e. The number of hydrogen-bond donors (Lipinski definition) is 2. The lowest BCUT2D eigenvalue weighted by Crippen LogP contribution is -2.35. The summed E-state index contributed by atoms with van der Waals surface area (Å²) in [5.41, 5.74) is 0. The molecule has 0 amide bonds. The van der Waals surface area contributed by atoms with E-state index in [4.69, 9.17) is 10.2 Å². The van der Waals surface area contributed by atoms with Crippen LogP contribution in [0.2, 0.25) is 0 Å². The van der Waals surface area contributed by atoms with Crippen molar-refractivity contribution in [3.63, 3.8) is 0 Å². The van der Waals surface area contributed by atoms with Gasteiger partial charge in [-0.1, -0.05) is 6.92 Å². The van der Waals surface area contributed by atoms with Crippen LogP contribution in [-0.4, -0.2) is 47.0 Å². The van der Waals surface area contributed by atoms with Crippen molar-refractivity contribution in [2.24, 2.45) is 0 Å². The second-order valence-corrected chi connectivity index (χ2v) is 3.16. The lowest BCUT2D eigenvalue weighted by atomic mass is 10.3. The Bertz CT molecular complexity index is 115. The molecule has 11 heavy (non-hydrogen) atoms. The van der Waals surface area contributed by atoms with E-state index in [1.165, 1.54) is 12.8 Å². The number of nitrogens with zero attached hydrogens (tertiary/aromatic N) is 1. The first kappa shape index (κ1) is 8.97. The Hall–Kier alpha value is -0.120. The molecule has 0 aliphatic heterocycles. The maximum absolute atomic E-state index is 9.14. The van der Waals surface area contributed by atoms with Crippen LogP contribution in [0.5, 0.6) is 0 Å². The minimum absolute atomic E-state index is 0.122. The van der Waals surface area contributed by atoms with Gasteiger partial charge in [0.25, 0.3) is 0 Å². The van der Waals surface area contributed by atoms with Crippen LogP contribution >= 0.6 is 0 Å². The molecule has 0 aromatic rings. The predicted octanol–water partition coefficient (Wildman–Crippen LogP) is -0.176. The van der Waals surface area contributed by atoms with Gasteiger partial charge in [-0.2, -0.15) is 0 Å². The number of rotatable bonds is 5. The third-order valence-corrected chi connectivity index (χ3v) is 2.13. The molecule has 0 heterocycles. The molecular weight excluding hydrogens is 142 g/mol. The molecular formula is C8H17NO2. The van der Waals surface area contributed by atoms with Gasteiger partial charge in [-0.3, -0.25) is 4.90 Å². The average molecular weight is 159 g/mol. The Kier molecular flexibility index (Phi) is 3.30. The fourth-order valence-corrected chi connectivity index (χ4v) is 1.30. The third kappa shape index (κ3) is 2.77. The van der Waals surface area contributed by atoms with Crippen LogP contribution in [-0.2, 0) is 0 Å². The van der Waals surface area contributed by atoms with E-state index in [9.17, 15) is 0 Å². The SMILES string of the molecule is CCN(CC(O)CO)C1CC1. The molecule has 0 aromatic heterocycles. The van der Waals surface area contributed by atoms with Gasteiger partial charge < -0.3 is 10.2 Å². The average Bonchev–Trinajstić information content (AvgIpc) is 2.82. The van der Waals surface area contributed by atoms with Gasteiger partial charge in [0.15, 0.2) is 0 Å².